The number of nitrogens with zero attached hydrogens (tertiary/aromatic N) is 2. The number of para-hydroxylation sites is 1. The Kier molecular flexibility index (Phi) is 6.00. The van der Waals surface area contributed by atoms with Crippen LogP contribution in [0.2, 0.25) is 0 Å². The average molecular weight is 481 g/mol. The van der Waals surface area contributed by atoms with Crippen LogP contribution in [0.5, 0.6) is 0 Å². The largest absolute Gasteiger partial charge is 0.321 e. The van der Waals surface area contributed by atoms with Crippen LogP contribution in [0.25, 0.3) is 11.8 Å². The Balaban J connectivity index is 1.96. The van der Waals surface area contributed by atoms with E-state index in [9.17, 15) is 10.1 Å². The number of aryl methyl sites for hydroxylation is 2. The molecule has 5 heteroatoms. The van der Waals surface area contributed by atoms with Crippen molar-refractivity contribution in [2.24, 2.45) is 0 Å². The minimum Gasteiger partial charge on any atom is -0.321 e. The lowest BCUT2D eigenvalue weighted by Gasteiger charge is -2.11. The maximum absolute atomic E-state index is 12.5. The highest BCUT2D eigenvalue weighted by atomic mass is 127. The van der Waals surface area contributed by atoms with Crippen molar-refractivity contribution in [3.63, 3.8) is 0 Å². The molecular weight excluding hydrogens is 461 g/mol. The van der Waals surface area contributed by atoms with E-state index in [0.29, 0.717) is 5.69 Å². The molecule has 28 heavy (non-hydrogen) atoms. The highest BCUT2D eigenvalue weighted by Gasteiger charge is 2.14. The highest BCUT2D eigenvalue weighted by Crippen LogP contribution is 2.25. The lowest BCUT2D eigenvalue weighted by Crippen LogP contribution is -2.13. The Morgan fingerprint density at radius 2 is 1.82 bits per heavy atom. The van der Waals surface area contributed by atoms with Gasteiger partial charge in [0.05, 0.1) is 0 Å². The van der Waals surface area contributed by atoms with Crippen molar-refractivity contribution < 1.29 is 4.79 Å². The number of amides is 1. The molecule has 0 unspecified atom stereocenters. The maximum Gasteiger partial charge on any atom is 0.266 e. The van der Waals surface area contributed by atoms with E-state index in [1.165, 1.54) is 9.13 Å². The summed E-state index contributed by atoms with van der Waals surface area (Å²) in [6.45, 7) is 6.10. The van der Waals surface area contributed by atoms with Gasteiger partial charge in [-0.1, -0.05) is 18.2 Å². The van der Waals surface area contributed by atoms with E-state index >= 15 is 0 Å². The number of nitriles is 1. The molecule has 0 spiro atoms. The van der Waals surface area contributed by atoms with Gasteiger partial charge in [-0.05, 0) is 97.0 Å². The zero-order valence-corrected chi connectivity index (χ0v) is 18.1. The molecule has 0 fully saturated rings. The van der Waals surface area contributed by atoms with Gasteiger partial charge in [0.25, 0.3) is 5.91 Å². The van der Waals surface area contributed by atoms with Crippen molar-refractivity contribution in [2.45, 2.75) is 20.8 Å². The monoisotopic (exact) mass is 481 g/mol. The van der Waals surface area contributed by atoms with Gasteiger partial charge in [-0.3, -0.25) is 4.79 Å². The molecule has 3 rings (SSSR count). The van der Waals surface area contributed by atoms with Gasteiger partial charge in [-0.15, -0.1) is 0 Å². The summed E-state index contributed by atoms with van der Waals surface area (Å²) in [5.74, 6) is -0.413. The number of benzene rings is 2. The Bertz CT molecular complexity index is 1100. The Labute approximate surface area is 178 Å². The third-order valence-electron chi connectivity index (χ3n) is 4.57. The van der Waals surface area contributed by atoms with Crippen LogP contribution >= 0.6 is 22.6 Å². The maximum atomic E-state index is 12.5. The molecule has 0 aliphatic rings. The summed E-state index contributed by atoms with van der Waals surface area (Å²) in [6.07, 6.45) is 1.65. The average Bonchev–Trinajstić information content (AvgIpc) is 2.96. The van der Waals surface area contributed by atoms with E-state index in [1.807, 2.05) is 44.2 Å². The second-order valence-electron chi connectivity index (χ2n) is 6.59. The summed E-state index contributed by atoms with van der Waals surface area (Å²) >= 11 is 2.32. The smallest absolute Gasteiger partial charge is 0.266 e. The number of hydrogen-bond acceptors (Lipinski definition) is 2. The summed E-state index contributed by atoms with van der Waals surface area (Å²) in [6, 6.07) is 19.5. The number of hydrogen-bond donors (Lipinski definition) is 1. The van der Waals surface area contributed by atoms with E-state index in [1.54, 1.807) is 18.2 Å². The van der Waals surface area contributed by atoms with Crippen LogP contribution in [0.3, 0.4) is 0 Å². The molecule has 1 N–H and O–H groups in total. The summed E-state index contributed by atoms with van der Waals surface area (Å²) in [7, 11) is 0. The third-order valence-corrected chi connectivity index (χ3v) is 5.78. The quantitative estimate of drug-likeness (QED) is 0.302. The molecule has 0 saturated heterocycles. The molecule has 2 aromatic carbocycles. The van der Waals surface area contributed by atoms with Crippen molar-refractivity contribution in [3.05, 3.63) is 86.3 Å². The zero-order chi connectivity index (χ0) is 20.3. The van der Waals surface area contributed by atoms with Gasteiger partial charge in [0.1, 0.15) is 11.6 Å². The molecule has 0 radical (unpaired) electrons. The summed E-state index contributed by atoms with van der Waals surface area (Å²) in [5, 5.41) is 12.3. The standard InChI is InChI=1S/C23H20IN3O/c1-15-11-21(9-10-22(15)24)27-16(2)12-18(17(27)3)13-19(14-25)23(28)26-20-7-5-4-6-8-20/h4-13H,1-3H3,(H,26,28). The first-order valence-corrected chi connectivity index (χ1v) is 9.92. The number of nitrogens with one attached hydrogen (secondary N) is 1. The molecule has 1 amide bonds. The second kappa shape index (κ2) is 8.44. The van der Waals surface area contributed by atoms with Gasteiger partial charge >= 0.3 is 0 Å². The van der Waals surface area contributed by atoms with Crippen LogP contribution in [0, 0.1) is 35.7 Å². The normalized spacial score (nSPS) is 11.2. The summed E-state index contributed by atoms with van der Waals surface area (Å²) in [4.78, 5) is 12.5. The first kappa shape index (κ1) is 19.9. The predicted molar refractivity (Wildman–Crippen MR) is 121 cm³/mol. The van der Waals surface area contributed by atoms with E-state index in [4.69, 9.17) is 0 Å². The second-order valence-corrected chi connectivity index (χ2v) is 7.75. The Morgan fingerprint density at radius 3 is 2.46 bits per heavy atom. The van der Waals surface area contributed by atoms with Gasteiger partial charge < -0.3 is 9.88 Å². The van der Waals surface area contributed by atoms with Crippen LogP contribution in [0.1, 0.15) is 22.5 Å². The fraction of sp³-hybridized carbons (Fsp3) is 0.130. The summed E-state index contributed by atoms with van der Waals surface area (Å²) < 4.78 is 3.35. The van der Waals surface area contributed by atoms with Gasteiger partial charge in [-0.2, -0.15) is 5.26 Å². The fourth-order valence-electron chi connectivity index (χ4n) is 3.12. The van der Waals surface area contributed by atoms with Crippen molar-refractivity contribution in [3.8, 4) is 11.8 Å². The number of halogens is 1. The number of rotatable bonds is 4. The molecule has 1 aromatic heterocycles. The molecule has 0 aliphatic heterocycles. The minimum absolute atomic E-state index is 0.0721. The minimum atomic E-state index is -0.413. The topological polar surface area (TPSA) is 57.8 Å². The molecule has 4 nitrogen and oxygen atoms in total. The third kappa shape index (κ3) is 4.18. The first-order chi connectivity index (χ1) is 13.4. The first-order valence-electron chi connectivity index (χ1n) is 8.84. The molecule has 1 heterocycles. The molecule has 3 aromatic rings. The van der Waals surface area contributed by atoms with Crippen molar-refractivity contribution in [1.29, 1.82) is 5.26 Å². The van der Waals surface area contributed by atoms with Gasteiger partial charge in [0.2, 0.25) is 0 Å². The number of carbonyl (C=O) groups is 1. The lowest BCUT2D eigenvalue weighted by molar-refractivity contribution is -0.112. The van der Waals surface area contributed by atoms with E-state index in [-0.39, 0.29) is 5.57 Å². The van der Waals surface area contributed by atoms with Crippen LogP contribution in [-0.2, 0) is 4.79 Å². The van der Waals surface area contributed by atoms with Crippen LogP contribution in [0.15, 0.2) is 60.2 Å². The highest BCUT2D eigenvalue weighted by molar-refractivity contribution is 14.1. The fourth-order valence-corrected chi connectivity index (χ4v) is 3.46. The van der Waals surface area contributed by atoms with Crippen molar-refractivity contribution in [1.82, 2.24) is 4.57 Å². The van der Waals surface area contributed by atoms with E-state index < -0.39 is 5.91 Å². The molecule has 0 atom stereocenters. The van der Waals surface area contributed by atoms with E-state index in [2.05, 4.69) is 57.6 Å². The number of aromatic nitrogens is 1. The molecule has 140 valence electrons. The number of anilines is 1. The summed E-state index contributed by atoms with van der Waals surface area (Å²) in [5.41, 5.74) is 5.90. The van der Waals surface area contributed by atoms with Crippen LogP contribution in [0.4, 0.5) is 5.69 Å². The van der Waals surface area contributed by atoms with Gasteiger partial charge in [0, 0.05) is 26.3 Å². The molecule has 0 aliphatic carbocycles. The number of carbonyl (C=O) groups excluding carboxylic acids is 1. The Hall–Kier alpha value is -2.85. The van der Waals surface area contributed by atoms with Crippen molar-refractivity contribution in [2.75, 3.05) is 5.32 Å². The molecular formula is C23H20IN3O. The Morgan fingerprint density at radius 1 is 1.11 bits per heavy atom. The zero-order valence-electron chi connectivity index (χ0n) is 16.0. The van der Waals surface area contributed by atoms with Crippen LogP contribution < -0.4 is 5.32 Å². The predicted octanol–water partition coefficient (Wildman–Crippen LogP) is 5.55. The SMILES string of the molecule is Cc1cc(-n2c(C)cc(C=C(C#N)C(=O)Nc3ccccc3)c2C)ccc1I. The molecule has 0 saturated carbocycles. The van der Waals surface area contributed by atoms with Gasteiger partial charge in [0.15, 0.2) is 0 Å². The van der Waals surface area contributed by atoms with Gasteiger partial charge in [-0.25, -0.2) is 0 Å². The molecule has 0 bridgehead atoms. The van der Waals surface area contributed by atoms with E-state index in [0.717, 1.165) is 22.6 Å². The van der Waals surface area contributed by atoms with Crippen molar-refractivity contribution >= 4 is 40.3 Å². The van der Waals surface area contributed by atoms with Crippen LogP contribution in [-0.4, -0.2) is 10.5 Å². The lowest BCUT2D eigenvalue weighted by atomic mass is 10.1.